The Morgan fingerprint density at radius 1 is 1.38 bits per heavy atom. The molecule has 1 aliphatic heterocycles. The number of rotatable bonds is 4. The predicted octanol–water partition coefficient (Wildman–Crippen LogP) is 1.76. The molecule has 1 amide bonds. The first-order chi connectivity index (χ1) is 12.4. The van der Waals surface area contributed by atoms with E-state index in [-0.39, 0.29) is 24.0 Å². The van der Waals surface area contributed by atoms with Gasteiger partial charge < -0.3 is 5.32 Å². The second kappa shape index (κ2) is 7.49. The van der Waals surface area contributed by atoms with Crippen molar-refractivity contribution in [1.29, 1.82) is 5.26 Å². The van der Waals surface area contributed by atoms with Crippen LogP contribution in [0.5, 0.6) is 0 Å². The molecular formula is C16H17N5O3S2. The molecule has 1 N–H and O–H groups in total. The zero-order chi connectivity index (χ0) is 18.7. The first kappa shape index (κ1) is 18.4. The Balaban J connectivity index is 1.69. The summed E-state index contributed by atoms with van der Waals surface area (Å²) in [7, 11) is -3.58. The predicted molar refractivity (Wildman–Crippen MR) is 95.9 cm³/mol. The van der Waals surface area contributed by atoms with Gasteiger partial charge in [0.1, 0.15) is 10.3 Å². The number of sulfonamides is 1. The van der Waals surface area contributed by atoms with Crippen molar-refractivity contribution in [3.05, 3.63) is 35.1 Å². The van der Waals surface area contributed by atoms with Crippen molar-refractivity contribution in [3.63, 3.8) is 0 Å². The van der Waals surface area contributed by atoms with Gasteiger partial charge in [-0.05, 0) is 31.9 Å². The molecule has 0 aromatic carbocycles. The molecule has 2 aromatic rings. The molecule has 1 aliphatic rings. The summed E-state index contributed by atoms with van der Waals surface area (Å²) in [6, 6.07) is 5.23. The fourth-order valence-corrected chi connectivity index (χ4v) is 5.69. The van der Waals surface area contributed by atoms with Crippen LogP contribution in [0.15, 0.2) is 28.7 Å². The Hall–Kier alpha value is -2.35. The first-order valence-electron chi connectivity index (χ1n) is 8.00. The summed E-state index contributed by atoms with van der Waals surface area (Å²) < 4.78 is 27.2. The van der Waals surface area contributed by atoms with Crippen molar-refractivity contribution in [3.8, 4) is 6.07 Å². The molecule has 1 fully saturated rings. The van der Waals surface area contributed by atoms with E-state index in [1.165, 1.54) is 28.0 Å². The molecule has 8 nitrogen and oxygen atoms in total. The van der Waals surface area contributed by atoms with Crippen molar-refractivity contribution in [2.45, 2.75) is 24.0 Å². The highest BCUT2D eigenvalue weighted by Gasteiger charge is 2.34. The van der Waals surface area contributed by atoms with Crippen LogP contribution in [0.1, 0.15) is 23.4 Å². The van der Waals surface area contributed by atoms with Crippen LogP contribution in [0.2, 0.25) is 0 Å². The van der Waals surface area contributed by atoms with E-state index in [9.17, 15) is 13.2 Å². The summed E-state index contributed by atoms with van der Waals surface area (Å²) in [5, 5.41) is 11.4. The third-order valence-electron chi connectivity index (χ3n) is 4.08. The molecule has 0 radical (unpaired) electrons. The Morgan fingerprint density at radius 2 is 2.19 bits per heavy atom. The van der Waals surface area contributed by atoms with E-state index in [2.05, 4.69) is 15.3 Å². The van der Waals surface area contributed by atoms with Gasteiger partial charge in [0.2, 0.25) is 5.91 Å². The lowest BCUT2D eigenvalue weighted by Crippen LogP contribution is -2.43. The molecule has 136 valence electrons. The van der Waals surface area contributed by atoms with Gasteiger partial charge in [-0.25, -0.2) is 18.4 Å². The fourth-order valence-electron chi connectivity index (χ4n) is 2.73. The molecule has 0 unspecified atom stereocenters. The van der Waals surface area contributed by atoms with Crippen LogP contribution in [0.3, 0.4) is 0 Å². The maximum absolute atomic E-state index is 12.7. The van der Waals surface area contributed by atoms with Crippen LogP contribution in [-0.4, -0.2) is 41.7 Å². The molecule has 3 rings (SSSR count). The summed E-state index contributed by atoms with van der Waals surface area (Å²) in [6.45, 7) is 2.39. The lowest BCUT2D eigenvalue weighted by molar-refractivity contribution is -0.120. The lowest BCUT2D eigenvalue weighted by Gasteiger charge is -2.30. The number of piperidine rings is 1. The number of nitriles is 1. The molecule has 0 bridgehead atoms. The van der Waals surface area contributed by atoms with Crippen molar-refractivity contribution in [2.24, 2.45) is 5.92 Å². The van der Waals surface area contributed by atoms with E-state index in [0.29, 0.717) is 23.6 Å². The topological polar surface area (TPSA) is 116 Å². The number of nitrogens with one attached hydrogen (secondary N) is 1. The number of hydrogen-bond acceptors (Lipinski definition) is 7. The smallest absolute Gasteiger partial charge is 0.252 e. The number of aromatic nitrogens is 2. The number of carbonyl (C=O) groups is 1. The molecule has 2 aromatic heterocycles. The van der Waals surface area contributed by atoms with Crippen LogP contribution in [0, 0.1) is 24.2 Å². The highest BCUT2D eigenvalue weighted by molar-refractivity contribution is 7.91. The van der Waals surface area contributed by atoms with Gasteiger partial charge in [0.15, 0.2) is 11.5 Å². The van der Waals surface area contributed by atoms with Crippen LogP contribution in [0.4, 0.5) is 5.82 Å². The van der Waals surface area contributed by atoms with E-state index in [1.807, 2.05) is 13.0 Å². The second-order valence-electron chi connectivity index (χ2n) is 5.96. The van der Waals surface area contributed by atoms with Gasteiger partial charge in [-0.15, -0.1) is 11.3 Å². The molecule has 1 saturated heterocycles. The normalized spacial score (nSPS) is 18.2. The summed E-state index contributed by atoms with van der Waals surface area (Å²) in [5.41, 5.74) is 0.157. The highest BCUT2D eigenvalue weighted by atomic mass is 32.2. The highest BCUT2D eigenvalue weighted by Crippen LogP contribution is 2.28. The van der Waals surface area contributed by atoms with Crippen molar-refractivity contribution in [2.75, 3.05) is 18.4 Å². The molecule has 3 heterocycles. The van der Waals surface area contributed by atoms with Gasteiger partial charge in [-0.2, -0.15) is 9.57 Å². The Kier molecular flexibility index (Phi) is 5.31. The second-order valence-corrected chi connectivity index (χ2v) is 9.41. The zero-order valence-corrected chi connectivity index (χ0v) is 15.7. The average molecular weight is 391 g/mol. The third kappa shape index (κ3) is 3.90. The summed E-state index contributed by atoms with van der Waals surface area (Å²) in [6.07, 6.45) is 3.79. The first-order valence-corrected chi connectivity index (χ1v) is 10.3. The monoisotopic (exact) mass is 391 g/mol. The Bertz CT molecular complexity index is 947. The lowest BCUT2D eigenvalue weighted by atomic mass is 9.99. The van der Waals surface area contributed by atoms with Crippen molar-refractivity contribution in [1.82, 2.24) is 14.3 Å². The van der Waals surface area contributed by atoms with Gasteiger partial charge in [0, 0.05) is 18.0 Å². The van der Waals surface area contributed by atoms with Crippen LogP contribution < -0.4 is 5.32 Å². The van der Waals surface area contributed by atoms with E-state index < -0.39 is 15.9 Å². The molecule has 1 atom stereocenters. The number of hydrogen-bond donors (Lipinski definition) is 1. The summed E-state index contributed by atoms with van der Waals surface area (Å²) in [5.74, 6) is -0.522. The molecule has 0 spiro atoms. The van der Waals surface area contributed by atoms with Gasteiger partial charge in [0.05, 0.1) is 18.3 Å². The third-order valence-corrected chi connectivity index (χ3v) is 7.42. The summed E-state index contributed by atoms with van der Waals surface area (Å²) in [4.78, 5) is 21.2. The zero-order valence-electron chi connectivity index (χ0n) is 14.0. The molecule has 0 aliphatic carbocycles. The van der Waals surface area contributed by atoms with Crippen LogP contribution >= 0.6 is 11.3 Å². The van der Waals surface area contributed by atoms with E-state index in [0.717, 1.165) is 4.88 Å². The quantitative estimate of drug-likeness (QED) is 0.849. The number of aryl methyl sites for hydroxylation is 1. The van der Waals surface area contributed by atoms with E-state index >= 15 is 0 Å². The minimum absolute atomic E-state index is 0.134. The Labute approximate surface area is 155 Å². The molecule has 10 heteroatoms. The number of amides is 1. The molecule has 0 saturated carbocycles. The van der Waals surface area contributed by atoms with E-state index in [1.54, 1.807) is 12.1 Å². The summed E-state index contributed by atoms with van der Waals surface area (Å²) >= 11 is 1.23. The van der Waals surface area contributed by atoms with Gasteiger partial charge >= 0.3 is 0 Å². The number of carbonyl (C=O) groups excluding carboxylic acids is 1. The molecular weight excluding hydrogens is 374 g/mol. The van der Waals surface area contributed by atoms with Crippen LogP contribution in [-0.2, 0) is 14.8 Å². The number of anilines is 1. The molecule has 26 heavy (non-hydrogen) atoms. The van der Waals surface area contributed by atoms with Crippen molar-refractivity contribution >= 4 is 33.1 Å². The number of thiophene rings is 1. The van der Waals surface area contributed by atoms with Gasteiger partial charge in [0.25, 0.3) is 10.0 Å². The van der Waals surface area contributed by atoms with Crippen molar-refractivity contribution < 1.29 is 13.2 Å². The maximum Gasteiger partial charge on any atom is 0.252 e. The SMILES string of the molecule is Cc1ccc(S(=O)(=O)N2CCC[C@H](C(=O)Nc3cnc(C#N)cn3)C2)s1. The minimum Gasteiger partial charge on any atom is -0.309 e. The maximum atomic E-state index is 12.7. The minimum atomic E-state index is -3.58. The van der Waals surface area contributed by atoms with Crippen LogP contribution in [0.25, 0.3) is 0 Å². The standard InChI is InChI=1S/C16H17N5O3S2/c1-11-4-5-15(25-11)26(23,24)21-6-2-3-12(10-21)16(22)20-14-9-18-13(7-17)8-19-14/h4-5,8-9,12H,2-3,6,10H2,1H3,(H,19,20,22)/t12-/m0/s1. The fraction of sp³-hybridized carbons (Fsp3) is 0.375. The Morgan fingerprint density at radius 3 is 2.81 bits per heavy atom. The number of nitrogens with zero attached hydrogens (tertiary/aromatic N) is 4. The van der Waals surface area contributed by atoms with Gasteiger partial charge in [-0.3, -0.25) is 4.79 Å². The average Bonchev–Trinajstić information content (AvgIpc) is 3.10. The largest absolute Gasteiger partial charge is 0.309 e. The van der Waals surface area contributed by atoms with E-state index in [4.69, 9.17) is 5.26 Å². The van der Waals surface area contributed by atoms with Gasteiger partial charge in [-0.1, -0.05) is 0 Å².